The van der Waals surface area contributed by atoms with Gasteiger partial charge in [0.05, 0.1) is 23.8 Å². The fraction of sp³-hybridized carbons (Fsp3) is 0.500. The molecule has 2 aliphatic heterocycles. The Morgan fingerprint density at radius 1 is 1.00 bits per heavy atom. The molecule has 4 rings (SSSR count). The second kappa shape index (κ2) is 8.36. The number of nitrogens with zero attached hydrogens (tertiary/aromatic N) is 3. The summed E-state index contributed by atoms with van der Waals surface area (Å²) in [5, 5.41) is 10.7. The smallest absolute Gasteiger partial charge is 0.263 e. The SMILES string of the molecule is CCCCn1c(C)c2c(c1C)C(=O)N(CC(O)CN1CCc3ccccc3C1)C2=O. The van der Waals surface area contributed by atoms with Crippen LogP contribution in [0.2, 0.25) is 0 Å². The minimum atomic E-state index is -0.764. The van der Waals surface area contributed by atoms with Crippen LogP contribution in [-0.4, -0.2) is 57.0 Å². The second-order valence-corrected chi connectivity index (χ2v) is 8.55. The van der Waals surface area contributed by atoms with Crippen molar-refractivity contribution >= 4 is 11.8 Å². The maximum atomic E-state index is 13.0. The lowest BCUT2D eigenvalue weighted by Gasteiger charge is -2.31. The predicted octanol–water partition coefficient (Wildman–Crippen LogP) is 2.92. The summed E-state index contributed by atoms with van der Waals surface area (Å²) in [5.74, 6) is -0.539. The molecule has 1 aromatic heterocycles. The number of imide groups is 1. The molecule has 1 atom stereocenters. The van der Waals surface area contributed by atoms with Crippen molar-refractivity contribution in [3.63, 3.8) is 0 Å². The molecule has 6 heteroatoms. The van der Waals surface area contributed by atoms with Gasteiger partial charge in [-0.25, -0.2) is 0 Å². The number of unbranched alkanes of at least 4 members (excludes halogenated alkanes) is 1. The molecule has 0 saturated carbocycles. The lowest BCUT2D eigenvalue weighted by molar-refractivity contribution is 0.0459. The van der Waals surface area contributed by atoms with Crippen molar-refractivity contribution in [3.05, 3.63) is 57.9 Å². The van der Waals surface area contributed by atoms with E-state index in [1.54, 1.807) is 0 Å². The lowest BCUT2D eigenvalue weighted by Crippen LogP contribution is -2.44. The fourth-order valence-corrected chi connectivity index (χ4v) is 4.86. The highest BCUT2D eigenvalue weighted by molar-refractivity contribution is 6.22. The molecule has 30 heavy (non-hydrogen) atoms. The van der Waals surface area contributed by atoms with Gasteiger partial charge < -0.3 is 9.67 Å². The summed E-state index contributed by atoms with van der Waals surface area (Å²) in [4.78, 5) is 29.5. The van der Waals surface area contributed by atoms with Gasteiger partial charge >= 0.3 is 0 Å². The van der Waals surface area contributed by atoms with Crippen LogP contribution in [0.4, 0.5) is 0 Å². The predicted molar refractivity (Wildman–Crippen MR) is 116 cm³/mol. The lowest BCUT2D eigenvalue weighted by atomic mass is 10.00. The molecule has 0 aliphatic carbocycles. The third-order valence-electron chi connectivity index (χ3n) is 6.51. The van der Waals surface area contributed by atoms with E-state index in [-0.39, 0.29) is 18.4 Å². The highest BCUT2D eigenvalue weighted by Crippen LogP contribution is 2.31. The molecule has 6 nitrogen and oxygen atoms in total. The molecule has 1 N–H and O–H groups in total. The Morgan fingerprint density at radius 3 is 2.27 bits per heavy atom. The summed E-state index contributed by atoms with van der Waals surface area (Å²) in [5.41, 5.74) is 5.41. The maximum absolute atomic E-state index is 13.0. The largest absolute Gasteiger partial charge is 0.390 e. The van der Waals surface area contributed by atoms with Crippen molar-refractivity contribution in [2.75, 3.05) is 19.6 Å². The first-order chi connectivity index (χ1) is 14.4. The number of carbonyl (C=O) groups is 2. The first-order valence-corrected chi connectivity index (χ1v) is 11.0. The van der Waals surface area contributed by atoms with Gasteiger partial charge in [-0.3, -0.25) is 19.4 Å². The summed E-state index contributed by atoms with van der Waals surface area (Å²) >= 11 is 0. The van der Waals surface area contributed by atoms with Gasteiger partial charge in [0, 0.05) is 37.6 Å². The zero-order valence-electron chi connectivity index (χ0n) is 18.1. The van der Waals surface area contributed by atoms with Gasteiger partial charge in [0.1, 0.15) is 0 Å². The van der Waals surface area contributed by atoms with Crippen LogP contribution in [-0.2, 0) is 19.5 Å². The standard InChI is InChI=1S/C24H31N3O3/c1-4-5-11-26-16(2)21-22(17(26)3)24(30)27(23(21)29)15-20(28)14-25-12-10-18-8-6-7-9-19(18)13-25/h6-9,20,28H,4-5,10-15H2,1-3H3. The van der Waals surface area contributed by atoms with Crippen molar-refractivity contribution in [1.29, 1.82) is 0 Å². The number of aliphatic hydroxyl groups excluding tert-OH is 1. The van der Waals surface area contributed by atoms with Crippen LogP contribution in [0.15, 0.2) is 24.3 Å². The van der Waals surface area contributed by atoms with Gasteiger partial charge in [-0.15, -0.1) is 0 Å². The Morgan fingerprint density at radius 2 is 1.63 bits per heavy atom. The first-order valence-electron chi connectivity index (χ1n) is 11.0. The third kappa shape index (κ3) is 3.59. The van der Waals surface area contributed by atoms with Crippen molar-refractivity contribution in [2.24, 2.45) is 0 Å². The highest BCUT2D eigenvalue weighted by Gasteiger charge is 2.41. The van der Waals surface area contributed by atoms with E-state index in [0.717, 1.165) is 50.3 Å². The number of hydrogen-bond acceptors (Lipinski definition) is 4. The van der Waals surface area contributed by atoms with E-state index in [4.69, 9.17) is 0 Å². The van der Waals surface area contributed by atoms with E-state index in [9.17, 15) is 14.7 Å². The van der Waals surface area contributed by atoms with Gasteiger partial charge in [-0.05, 0) is 37.8 Å². The minimum Gasteiger partial charge on any atom is -0.390 e. The van der Waals surface area contributed by atoms with Crippen molar-refractivity contribution in [1.82, 2.24) is 14.4 Å². The van der Waals surface area contributed by atoms with E-state index < -0.39 is 6.10 Å². The Bertz CT molecular complexity index is 939. The van der Waals surface area contributed by atoms with Crippen LogP contribution in [0.3, 0.4) is 0 Å². The van der Waals surface area contributed by atoms with Crippen LogP contribution >= 0.6 is 0 Å². The van der Waals surface area contributed by atoms with Crippen LogP contribution < -0.4 is 0 Å². The van der Waals surface area contributed by atoms with Crippen LogP contribution in [0.25, 0.3) is 0 Å². The second-order valence-electron chi connectivity index (χ2n) is 8.55. The molecule has 2 aromatic rings. The Balaban J connectivity index is 1.43. The molecule has 2 amide bonds. The summed E-state index contributed by atoms with van der Waals surface area (Å²) in [6.07, 6.45) is 2.26. The number of aliphatic hydroxyl groups is 1. The van der Waals surface area contributed by atoms with Crippen molar-refractivity contribution in [2.45, 2.75) is 59.2 Å². The number of carbonyl (C=O) groups excluding carboxylic acids is 2. The average Bonchev–Trinajstić information content (AvgIpc) is 3.13. The number of fused-ring (bicyclic) bond motifs is 2. The number of amides is 2. The molecule has 0 radical (unpaired) electrons. The highest BCUT2D eigenvalue weighted by atomic mass is 16.3. The molecule has 0 saturated heterocycles. The Hall–Kier alpha value is -2.44. The van der Waals surface area contributed by atoms with E-state index in [1.807, 2.05) is 19.9 Å². The van der Waals surface area contributed by atoms with Crippen LogP contribution in [0, 0.1) is 13.8 Å². The number of benzene rings is 1. The van der Waals surface area contributed by atoms with E-state index in [1.165, 1.54) is 16.0 Å². The Kier molecular flexibility index (Phi) is 5.80. The molecule has 1 unspecified atom stereocenters. The number of rotatable bonds is 7. The van der Waals surface area contributed by atoms with Gasteiger partial charge in [-0.2, -0.15) is 0 Å². The minimum absolute atomic E-state index is 0.0400. The zero-order chi connectivity index (χ0) is 21.4. The molecule has 0 spiro atoms. The van der Waals surface area contributed by atoms with E-state index in [2.05, 4.69) is 34.6 Å². The number of hydrogen-bond donors (Lipinski definition) is 1. The zero-order valence-corrected chi connectivity index (χ0v) is 18.1. The molecule has 2 aliphatic rings. The first kappa shape index (κ1) is 20.8. The fourth-order valence-electron chi connectivity index (χ4n) is 4.86. The average molecular weight is 410 g/mol. The summed E-state index contributed by atoms with van der Waals surface area (Å²) < 4.78 is 2.09. The van der Waals surface area contributed by atoms with Gasteiger partial charge in [-0.1, -0.05) is 37.6 Å². The van der Waals surface area contributed by atoms with Crippen molar-refractivity contribution < 1.29 is 14.7 Å². The number of aromatic nitrogens is 1. The van der Waals surface area contributed by atoms with Crippen LogP contribution in [0.1, 0.15) is 63.0 Å². The van der Waals surface area contributed by atoms with Crippen LogP contribution in [0.5, 0.6) is 0 Å². The van der Waals surface area contributed by atoms with E-state index in [0.29, 0.717) is 17.7 Å². The molecular formula is C24H31N3O3. The Labute approximate surface area is 178 Å². The van der Waals surface area contributed by atoms with Gasteiger partial charge in [0.2, 0.25) is 0 Å². The van der Waals surface area contributed by atoms with Gasteiger partial charge in [0.15, 0.2) is 0 Å². The molecular weight excluding hydrogens is 378 g/mol. The number of β-amino-alcohol motifs (C(OH)–C–C–N with tert-alkyl or cyclic N) is 1. The summed E-state index contributed by atoms with van der Waals surface area (Å²) in [7, 11) is 0. The monoisotopic (exact) mass is 409 g/mol. The quantitative estimate of drug-likeness (QED) is 0.714. The molecule has 1 aromatic carbocycles. The summed E-state index contributed by atoms with van der Waals surface area (Å²) in [6, 6.07) is 8.37. The normalized spacial score (nSPS) is 17.4. The molecule has 0 bridgehead atoms. The van der Waals surface area contributed by atoms with E-state index >= 15 is 0 Å². The van der Waals surface area contributed by atoms with Gasteiger partial charge in [0.25, 0.3) is 11.8 Å². The topological polar surface area (TPSA) is 65.8 Å². The maximum Gasteiger partial charge on any atom is 0.263 e. The molecule has 0 fully saturated rings. The molecule has 160 valence electrons. The molecule has 3 heterocycles. The van der Waals surface area contributed by atoms with Crippen molar-refractivity contribution in [3.8, 4) is 0 Å². The third-order valence-corrected chi connectivity index (χ3v) is 6.51. The summed E-state index contributed by atoms with van der Waals surface area (Å²) in [6.45, 7) is 8.92.